The Hall–Kier alpha value is -2.14. The third kappa shape index (κ3) is 2.83. The lowest BCUT2D eigenvalue weighted by Crippen LogP contribution is -2.29. The molecule has 0 amide bonds. The Bertz CT molecular complexity index is 666. The number of ether oxygens (including phenoxy) is 1. The fraction of sp³-hybridized carbons (Fsp3) is 0.375. The van der Waals surface area contributed by atoms with E-state index in [1.807, 2.05) is 25.2 Å². The van der Waals surface area contributed by atoms with Crippen molar-refractivity contribution in [3.8, 4) is 0 Å². The third-order valence-corrected chi connectivity index (χ3v) is 3.84. The average molecular weight is 286 g/mol. The van der Waals surface area contributed by atoms with E-state index in [2.05, 4.69) is 9.88 Å². The summed E-state index contributed by atoms with van der Waals surface area (Å²) in [5, 5.41) is 9.86. The SMILES string of the molecule is CN(CC1CCCO1)c1ccc2c(C(=O)O)cccc2n1. The average Bonchev–Trinajstić information content (AvgIpc) is 2.98. The first kappa shape index (κ1) is 13.8. The van der Waals surface area contributed by atoms with Crippen molar-refractivity contribution in [2.45, 2.75) is 18.9 Å². The normalized spacial score (nSPS) is 18.0. The molecule has 5 nitrogen and oxygen atoms in total. The molecular weight excluding hydrogens is 268 g/mol. The number of rotatable bonds is 4. The number of hydrogen-bond acceptors (Lipinski definition) is 4. The maximum absolute atomic E-state index is 11.2. The second-order valence-corrected chi connectivity index (χ2v) is 5.36. The number of fused-ring (bicyclic) bond motifs is 1. The molecule has 0 spiro atoms. The molecule has 1 aliphatic rings. The van der Waals surface area contributed by atoms with Gasteiger partial charge in [-0.25, -0.2) is 9.78 Å². The van der Waals surface area contributed by atoms with Crippen molar-refractivity contribution in [1.82, 2.24) is 4.98 Å². The highest BCUT2D eigenvalue weighted by Crippen LogP contribution is 2.22. The van der Waals surface area contributed by atoms with E-state index in [1.165, 1.54) is 0 Å². The minimum Gasteiger partial charge on any atom is -0.478 e. The van der Waals surface area contributed by atoms with E-state index in [4.69, 9.17) is 4.74 Å². The Morgan fingerprint density at radius 3 is 3.00 bits per heavy atom. The highest BCUT2D eigenvalue weighted by molar-refractivity contribution is 6.02. The highest BCUT2D eigenvalue weighted by atomic mass is 16.5. The zero-order valence-electron chi connectivity index (χ0n) is 12.0. The smallest absolute Gasteiger partial charge is 0.336 e. The largest absolute Gasteiger partial charge is 0.478 e. The molecule has 2 aromatic rings. The molecule has 1 fully saturated rings. The summed E-state index contributed by atoms with van der Waals surface area (Å²) in [5.41, 5.74) is 0.986. The summed E-state index contributed by atoms with van der Waals surface area (Å²) in [6.07, 6.45) is 2.46. The number of carboxylic acids is 1. The quantitative estimate of drug-likeness (QED) is 0.936. The number of hydrogen-bond donors (Lipinski definition) is 1. The van der Waals surface area contributed by atoms with Crippen LogP contribution in [0.1, 0.15) is 23.2 Å². The van der Waals surface area contributed by atoms with Crippen LogP contribution < -0.4 is 4.90 Å². The maximum atomic E-state index is 11.2. The minimum absolute atomic E-state index is 0.262. The van der Waals surface area contributed by atoms with Gasteiger partial charge in [0.2, 0.25) is 0 Å². The van der Waals surface area contributed by atoms with Gasteiger partial charge in [-0.1, -0.05) is 6.07 Å². The number of carbonyl (C=O) groups is 1. The van der Waals surface area contributed by atoms with Gasteiger partial charge in [-0.05, 0) is 37.1 Å². The van der Waals surface area contributed by atoms with Crippen LogP contribution in [0, 0.1) is 0 Å². The molecule has 1 atom stereocenters. The van der Waals surface area contributed by atoms with Crippen molar-refractivity contribution in [3.63, 3.8) is 0 Å². The molecular formula is C16H18N2O3. The molecule has 21 heavy (non-hydrogen) atoms. The van der Waals surface area contributed by atoms with E-state index >= 15 is 0 Å². The van der Waals surface area contributed by atoms with Gasteiger partial charge in [0, 0.05) is 25.6 Å². The molecule has 3 rings (SSSR count). The van der Waals surface area contributed by atoms with Crippen LogP contribution in [-0.4, -0.2) is 42.4 Å². The number of aromatic nitrogens is 1. The van der Waals surface area contributed by atoms with Gasteiger partial charge in [0.25, 0.3) is 0 Å². The van der Waals surface area contributed by atoms with Crippen LogP contribution in [0.3, 0.4) is 0 Å². The molecule has 110 valence electrons. The van der Waals surface area contributed by atoms with Crippen molar-refractivity contribution in [2.24, 2.45) is 0 Å². The van der Waals surface area contributed by atoms with Gasteiger partial charge in [0.15, 0.2) is 0 Å². The Morgan fingerprint density at radius 1 is 1.43 bits per heavy atom. The molecule has 1 unspecified atom stereocenters. The minimum atomic E-state index is -0.928. The Balaban J connectivity index is 1.88. The molecule has 1 aromatic heterocycles. The summed E-state index contributed by atoms with van der Waals surface area (Å²) in [6.45, 7) is 1.64. The number of nitrogens with zero attached hydrogens (tertiary/aromatic N) is 2. The summed E-state index contributed by atoms with van der Waals surface area (Å²) in [6, 6.07) is 8.85. The van der Waals surface area contributed by atoms with E-state index in [1.54, 1.807) is 12.1 Å². The standard InChI is InChI=1S/C16H18N2O3/c1-18(10-11-4-3-9-21-11)15-8-7-12-13(16(19)20)5-2-6-14(12)17-15/h2,5-8,11H,3-4,9-10H2,1H3,(H,19,20). The van der Waals surface area contributed by atoms with Crippen LogP contribution in [0.5, 0.6) is 0 Å². The molecule has 0 aliphatic carbocycles. The number of anilines is 1. The van der Waals surface area contributed by atoms with Crippen molar-refractivity contribution < 1.29 is 14.6 Å². The van der Waals surface area contributed by atoms with E-state index in [0.717, 1.165) is 31.8 Å². The first-order chi connectivity index (χ1) is 10.1. The summed E-state index contributed by atoms with van der Waals surface area (Å²) >= 11 is 0. The van der Waals surface area contributed by atoms with Crippen molar-refractivity contribution >= 4 is 22.7 Å². The van der Waals surface area contributed by atoms with Gasteiger partial charge in [0.1, 0.15) is 5.82 Å². The molecule has 1 N–H and O–H groups in total. The van der Waals surface area contributed by atoms with Crippen LogP contribution in [0.15, 0.2) is 30.3 Å². The Morgan fingerprint density at radius 2 is 2.29 bits per heavy atom. The zero-order valence-corrected chi connectivity index (χ0v) is 12.0. The fourth-order valence-electron chi connectivity index (χ4n) is 2.73. The van der Waals surface area contributed by atoms with Crippen LogP contribution in [0.25, 0.3) is 10.9 Å². The number of benzene rings is 1. The van der Waals surface area contributed by atoms with Gasteiger partial charge in [0.05, 0.1) is 17.2 Å². The predicted molar refractivity (Wildman–Crippen MR) is 80.9 cm³/mol. The van der Waals surface area contributed by atoms with Crippen molar-refractivity contribution in [2.75, 3.05) is 25.1 Å². The monoisotopic (exact) mass is 286 g/mol. The highest BCUT2D eigenvalue weighted by Gasteiger charge is 2.18. The number of pyridine rings is 1. The van der Waals surface area contributed by atoms with E-state index in [-0.39, 0.29) is 11.7 Å². The second-order valence-electron chi connectivity index (χ2n) is 5.36. The van der Waals surface area contributed by atoms with Crippen LogP contribution in [-0.2, 0) is 4.74 Å². The van der Waals surface area contributed by atoms with E-state index < -0.39 is 5.97 Å². The van der Waals surface area contributed by atoms with Crippen LogP contribution in [0.2, 0.25) is 0 Å². The van der Waals surface area contributed by atoms with Crippen molar-refractivity contribution in [1.29, 1.82) is 0 Å². The first-order valence-electron chi connectivity index (χ1n) is 7.11. The molecule has 1 aliphatic heterocycles. The summed E-state index contributed by atoms with van der Waals surface area (Å²) in [5.74, 6) is -0.0941. The Labute approximate surface area is 123 Å². The molecule has 0 radical (unpaired) electrons. The summed E-state index contributed by atoms with van der Waals surface area (Å²) in [7, 11) is 1.98. The first-order valence-corrected chi connectivity index (χ1v) is 7.11. The topological polar surface area (TPSA) is 62.7 Å². The van der Waals surface area contributed by atoms with Crippen LogP contribution >= 0.6 is 0 Å². The van der Waals surface area contributed by atoms with Gasteiger partial charge >= 0.3 is 5.97 Å². The number of likely N-dealkylation sites (N-methyl/N-ethyl adjacent to an activating group) is 1. The number of carboxylic acid groups (broad SMARTS) is 1. The molecule has 5 heteroatoms. The number of aromatic carboxylic acids is 1. The van der Waals surface area contributed by atoms with Crippen LogP contribution in [0.4, 0.5) is 5.82 Å². The Kier molecular flexibility index (Phi) is 3.75. The van der Waals surface area contributed by atoms with Gasteiger partial charge in [-0.15, -0.1) is 0 Å². The van der Waals surface area contributed by atoms with Gasteiger partial charge < -0.3 is 14.7 Å². The van der Waals surface area contributed by atoms with Gasteiger partial charge in [-0.3, -0.25) is 0 Å². The lowest BCUT2D eigenvalue weighted by atomic mass is 10.1. The predicted octanol–water partition coefficient (Wildman–Crippen LogP) is 2.55. The molecule has 2 heterocycles. The van der Waals surface area contributed by atoms with E-state index in [0.29, 0.717) is 10.9 Å². The van der Waals surface area contributed by atoms with Gasteiger partial charge in [-0.2, -0.15) is 0 Å². The molecule has 1 saturated heterocycles. The molecule has 0 bridgehead atoms. The summed E-state index contributed by atoms with van der Waals surface area (Å²) in [4.78, 5) is 17.8. The maximum Gasteiger partial charge on any atom is 0.336 e. The second kappa shape index (κ2) is 5.69. The van der Waals surface area contributed by atoms with E-state index in [9.17, 15) is 9.90 Å². The lowest BCUT2D eigenvalue weighted by molar-refractivity contribution is 0.0699. The summed E-state index contributed by atoms with van der Waals surface area (Å²) < 4.78 is 5.64. The van der Waals surface area contributed by atoms with Crippen molar-refractivity contribution in [3.05, 3.63) is 35.9 Å². The lowest BCUT2D eigenvalue weighted by Gasteiger charge is -2.22. The molecule has 1 aromatic carbocycles. The third-order valence-electron chi connectivity index (χ3n) is 3.84. The fourth-order valence-corrected chi connectivity index (χ4v) is 2.73. The zero-order chi connectivity index (χ0) is 14.8. The molecule has 0 saturated carbocycles.